The Hall–Kier alpha value is -1.49. The summed E-state index contributed by atoms with van der Waals surface area (Å²) < 4.78 is 24.4. The first-order valence-electron chi connectivity index (χ1n) is 5.61. The molecule has 2 N–H and O–H groups in total. The lowest BCUT2D eigenvalue weighted by atomic mass is 10.1. The van der Waals surface area contributed by atoms with Crippen LogP contribution < -0.4 is 15.4 Å². The number of hydrogen-bond donors (Lipinski definition) is 1. The lowest BCUT2D eigenvalue weighted by Gasteiger charge is -2.35. The van der Waals surface area contributed by atoms with Gasteiger partial charge in [0, 0.05) is 24.7 Å². The van der Waals surface area contributed by atoms with Gasteiger partial charge in [-0.25, -0.2) is 4.39 Å². The van der Waals surface area contributed by atoms with Crippen LogP contribution in [0.3, 0.4) is 0 Å². The quantitative estimate of drug-likeness (QED) is 0.798. The van der Waals surface area contributed by atoms with Crippen molar-refractivity contribution in [1.82, 2.24) is 0 Å². The van der Waals surface area contributed by atoms with Gasteiger partial charge in [0.2, 0.25) is 0 Å². The second-order valence-corrected chi connectivity index (χ2v) is 4.16. The largest absolute Gasteiger partial charge is 0.495 e. The lowest BCUT2D eigenvalue weighted by molar-refractivity contribution is 0.0985. The highest BCUT2D eigenvalue weighted by Gasteiger charge is 2.23. The van der Waals surface area contributed by atoms with Crippen LogP contribution in [0.25, 0.3) is 0 Å². The van der Waals surface area contributed by atoms with Gasteiger partial charge in [0.1, 0.15) is 11.6 Å². The van der Waals surface area contributed by atoms with Gasteiger partial charge in [-0.05, 0) is 6.92 Å². The molecule has 0 bridgehead atoms. The number of anilines is 2. The molecular formula is C12H17FN2O2. The number of benzene rings is 1. The fraction of sp³-hybridized carbons (Fsp3) is 0.500. The molecule has 1 saturated heterocycles. The van der Waals surface area contributed by atoms with Crippen LogP contribution in [0.4, 0.5) is 15.8 Å². The van der Waals surface area contributed by atoms with Crippen LogP contribution in [0.2, 0.25) is 0 Å². The van der Waals surface area contributed by atoms with Crippen LogP contribution in [0.1, 0.15) is 6.92 Å². The van der Waals surface area contributed by atoms with Crippen LogP contribution in [0.15, 0.2) is 12.1 Å². The van der Waals surface area contributed by atoms with Crippen molar-refractivity contribution in [3.05, 3.63) is 17.9 Å². The van der Waals surface area contributed by atoms with E-state index < -0.39 is 0 Å². The minimum absolute atomic E-state index is 0.145. The van der Waals surface area contributed by atoms with Gasteiger partial charge in [0.05, 0.1) is 31.7 Å². The van der Waals surface area contributed by atoms with Crippen molar-refractivity contribution in [2.45, 2.75) is 13.0 Å². The normalized spacial score (nSPS) is 20.4. The van der Waals surface area contributed by atoms with E-state index in [4.69, 9.17) is 15.2 Å². The topological polar surface area (TPSA) is 47.7 Å². The predicted molar refractivity (Wildman–Crippen MR) is 65.0 cm³/mol. The molecule has 1 heterocycles. The first-order chi connectivity index (χ1) is 8.13. The Morgan fingerprint density at radius 1 is 1.53 bits per heavy atom. The van der Waals surface area contributed by atoms with E-state index in [9.17, 15) is 4.39 Å². The van der Waals surface area contributed by atoms with Crippen LogP contribution in [-0.4, -0.2) is 32.9 Å². The molecule has 0 aliphatic carbocycles. The third kappa shape index (κ3) is 2.29. The van der Waals surface area contributed by atoms with Crippen LogP contribution in [0.5, 0.6) is 5.75 Å². The van der Waals surface area contributed by atoms with Gasteiger partial charge in [-0.15, -0.1) is 0 Å². The average molecular weight is 240 g/mol. The molecule has 0 amide bonds. The first kappa shape index (κ1) is 12.0. The maximum Gasteiger partial charge on any atom is 0.148 e. The monoisotopic (exact) mass is 240 g/mol. The Bertz CT molecular complexity index is 412. The molecule has 0 spiro atoms. The number of nitrogen functional groups attached to an aromatic ring is 1. The minimum atomic E-state index is -0.322. The van der Waals surface area contributed by atoms with E-state index in [0.29, 0.717) is 36.9 Å². The molecule has 1 aliphatic heterocycles. The number of halogens is 1. The second kappa shape index (κ2) is 4.79. The molecule has 1 aliphatic rings. The molecule has 1 aromatic carbocycles. The smallest absolute Gasteiger partial charge is 0.148 e. The summed E-state index contributed by atoms with van der Waals surface area (Å²) in [6.45, 7) is 3.88. The average Bonchev–Trinajstić information content (AvgIpc) is 2.31. The maximum atomic E-state index is 13.9. The molecule has 0 radical (unpaired) electrons. The van der Waals surface area contributed by atoms with Crippen LogP contribution in [-0.2, 0) is 4.74 Å². The molecule has 1 unspecified atom stereocenters. The minimum Gasteiger partial charge on any atom is -0.495 e. The summed E-state index contributed by atoms with van der Waals surface area (Å²) >= 11 is 0. The standard InChI is InChI=1S/C12H17FN2O2/c1-8-7-17-4-3-15(8)11-6-12(16-2)10(14)5-9(11)13/h5-6,8H,3-4,7,14H2,1-2H3. The Balaban J connectivity index is 2.36. The van der Waals surface area contributed by atoms with Gasteiger partial charge in [-0.3, -0.25) is 0 Å². The third-order valence-corrected chi connectivity index (χ3v) is 2.98. The summed E-state index contributed by atoms with van der Waals surface area (Å²) in [7, 11) is 1.52. The predicted octanol–water partition coefficient (Wildman–Crippen LogP) is 1.64. The molecule has 0 saturated carbocycles. The maximum absolute atomic E-state index is 13.9. The van der Waals surface area contributed by atoms with Gasteiger partial charge in [0.25, 0.3) is 0 Å². The van der Waals surface area contributed by atoms with Gasteiger partial charge >= 0.3 is 0 Å². The van der Waals surface area contributed by atoms with E-state index in [1.54, 1.807) is 6.07 Å². The van der Waals surface area contributed by atoms with E-state index in [1.165, 1.54) is 13.2 Å². The zero-order valence-corrected chi connectivity index (χ0v) is 10.1. The van der Waals surface area contributed by atoms with Crippen molar-refractivity contribution in [3.63, 3.8) is 0 Å². The lowest BCUT2D eigenvalue weighted by Crippen LogP contribution is -2.44. The van der Waals surface area contributed by atoms with Crippen molar-refractivity contribution in [2.24, 2.45) is 0 Å². The molecule has 4 nitrogen and oxygen atoms in total. The molecule has 2 rings (SSSR count). The fourth-order valence-electron chi connectivity index (χ4n) is 2.04. The van der Waals surface area contributed by atoms with Gasteiger partial charge in [-0.1, -0.05) is 0 Å². The Morgan fingerprint density at radius 3 is 2.94 bits per heavy atom. The summed E-state index contributed by atoms with van der Waals surface area (Å²) in [5.41, 5.74) is 6.49. The number of nitrogens with zero attached hydrogens (tertiary/aromatic N) is 1. The van der Waals surface area contributed by atoms with Gasteiger partial charge in [0.15, 0.2) is 0 Å². The number of methoxy groups -OCH3 is 1. The summed E-state index contributed by atoms with van der Waals surface area (Å²) in [6.07, 6.45) is 0. The molecule has 1 aromatic rings. The number of nitrogens with two attached hydrogens (primary N) is 1. The van der Waals surface area contributed by atoms with E-state index in [0.717, 1.165) is 0 Å². The van der Waals surface area contributed by atoms with Gasteiger partial charge < -0.3 is 20.1 Å². The third-order valence-electron chi connectivity index (χ3n) is 2.98. The number of ether oxygens (including phenoxy) is 2. The fourth-order valence-corrected chi connectivity index (χ4v) is 2.04. The van der Waals surface area contributed by atoms with E-state index >= 15 is 0 Å². The SMILES string of the molecule is COc1cc(N2CCOCC2C)c(F)cc1N. The van der Waals surface area contributed by atoms with E-state index in [2.05, 4.69) is 0 Å². The number of morpholine rings is 1. The van der Waals surface area contributed by atoms with Crippen molar-refractivity contribution < 1.29 is 13.9 Å². The molecule has 17 heavy (non-hydrogen) atoms. The summed E-state index contributed by atoms with van der Waals surface area (Å²) in [5, 5.41) is 0. The van der Waals surface area contributed by atoms with Crippen LogP contribution >= 0.6 is 0 Å². The van der Waals surface area contributed by atoms with Crippen molar-refractivity contribution in [1.29, 1.82) is 0 Å². The number of rotatable bonds is 2. The molecule has 1 fully saturated rings. The van der Waals surface area contributed by atoms with Gasteiger partial charge in [-0.2, -0.15) is 0 Å². The summed E-state index contributed by atoms with van der Waals surface area (Å²) in [4.78, 5) is 1.97. The number of hydrogen-bond acceptors (Lipinski definition) is 4. The Labute approximate surface area is 100 Å². The Kier molecular flexibility index (Phi) is 3.38. The van der Waals surface area contributed by atoms with Crippen molar-refractivity contribution >= 4 is 11.4 Å². The Morgan fingerprint density at radius 2 is 2.29 bits per heavy atom. The molecule has 0 aromatic heterocycles. The van der Waals surface area contributed by atoms with Crippen molar-refractivity contribution in [2.75, 3.05) is 37.5 Å². The highest BCUT2D eigenvalue weighted by Crippen LogP contribution is 2.32. The van der Waals surface area contributed by atoms with E-state index in [1.807, 2.05) is 11.8 Å². The molecule has 5 heteroatoms. The molecule has 1 atom stereocenters. The van der Waals surface area contributed by atoms with Crippen molar-refractivity contribution in [3.8, 4) is 5.75 Å². The second-order valence-electron chi connectivity index (χ2n) is 4.16. The molecule has 94 valence electrons. The van der Waals surface area contributed by atoms with E-state index in [-0.39, 0.29) is 11.9 Å². The zero-order valence-electron chi connectivity index (χ0n) is 10.1. The summed E-state index contributed by atoms with van der Waals surface area (Å²) in [6, 6.07) is 3.09. The summed E-state index contributed by atoms with van der Waals surface area (Å²) in [5.74, 6) is 0.178. The molecular weight excluding hydrogens is 223 g/mol. The zero-order chi connectivity index (χ0) is 12.4. The highest BCUT2D eigenvalue weighted by atomic mass is 19.1. The van der Waals surface area contributed by atoms with Crippen LogP contribution in [0, 0.1) is 5.82 Å². The first-order valence-corrected chi connectivity index (χ1v) is 5.61. The highest BCUT2D eigenvalue weighted by molar-refractivity contribution is 5.63.